The largest absolute Gasteiger partial charge is 0.420 e. The third-order valence-electron chi connectivity index (χ3n) is 5.69. The summed E-state index contributed by atoms with van der Waals surface area (Å²) in [5.74, 6) is 1.16. The molecule has 1 aromatic heterocycles. The summed E-state index contributed by atoms with van der Waals surface area (Å²) in [5.41, 5.74) is 0.448. The van der Waals surface area contributed by atoms with Crippen LogP contribution in [0.1, 0.15) is 51.8 Å². The van der Waals surface area contributed by atoms with Crippen LogP contribution in [0.2, 0.25) is 0 Å². The van der Waals surface area contributed by atoms with Gasteiger partial charge in [0.2, 0.25) is 17.7 Å². The van der Waals surface area contributed by atoms with Crippen molar-refractivity contribution in [1.29, 1.82) is 0 Å². The van der Waals surface area contributed by atoms with Crippen LogP contribution in [0.4, 0.5) is 4.39 Å². The summed E-state index contributed by atoms with van der Waals surface area (Å²) in [5, 5.41) is 8.30. The average Bonchev–Trinajstić information content (AvgIpc) is 3.06. The fourth-order valence-corrected chi connectivity index (χ4v) is 3.99. The number of hydrogen-bond acceptors (Lipinski definition) is 4. The fraction of sp³-hybridized carbons (Fsp3) is 0.550. The number of benzene rings is 1. The van der Waals surface area contributed by atoms with E-state index in [4.69, 9.17) is 4.42 Å². The molecule has 26 heavy (non-hydrogen) atoms. The minimum Gasteiger partial charge on any atom is -0.420 e. The van der Waals surface area contributed by atoms with Crippen LogP contribution in [0.5, 0.6) is 0 Å². The van der Waals surface area contributed by atoms with Crippen LogP contribution in [0, 0.1) is 16.6 Å². The van der Waals surface area contributed by atoms with Gasteiger partial charge in [-0.2, -0.15) is 0 Å². The van der Waals surface area contributed by atoms with Crippen molar-refractivity contribution in [3.63, 3.8) is 0 Å². The number of carbonyl (C=O) groups excluding carboxylic acids is 1. The van der Waals surface area contributed by atoms with E-state index in [0.29, 0.717) is 17.3 Å². The number of hydrogen-bond donors (Lipinski definition) is 0. The molecule has 2 aliphatic rings. The Morgan fingerprint density at radius 2 is 2.00 bits per heavy atom. The van der Waals surface area contributed by atoms with Gasteiger partial charge in [0.15, 0.2) is 0 Å². The van der Waals surface area contributed by atoms with Gasteiger partial charge < -0.3 is 9.32 Å². The molecule has 4 rings (SSSR count). The molecule has 1 spiro atoms. The second-order valence-corrected chi connectivity index (χ2v) is 8.62. The Balaban J connectivity index is 1.43. The zero-order valence-corrected chi connectivity index (χ0v) is 15.5. The van der Waals surface area contributed by atoms with Crippen molar-refractivity contribution >= 4 is 5.91 Å². The maximum atomic E-state index is 13.4. The SMILES string of the molecule is CC(C)(C)C(=O)N1CCC2(CC1)CC2c1nnc(-c2cccc(F)c2)o1. The molecule has 6 heteroatoms. The first-order valence-electron chi connectivity index (χ1n) is 9.17. The highest BCUT2D eigenvalue weighted by Crippen LogP contribution is 2.64. The van der Waals surface area contributed by atoms with Crippen molar-refractivity contribution < 1.29 is 13.6 Å². The molecule has 1 unspecified atom stereocenters. The quantitative estimate of drug-likeness (QED) is 0.814. The van der Waals surface area contributed by atoms with E-state index in [2.05, 4.69) is 10.2 Å². The molecule has 0 radical (unpaired) electrons. The molecule has 1 amide bonds. The number of likely N-dealkylation sites (tertiary alicyclic amines) is 1. The molecule has 1 atom stereocenters. The van der Waals surface area contributed by atoms with E-state index in [1.807, 2.05) is 25.7 Å². The number of aromatic nitrogens is 2. The Kier molecular flexibility index (Phi) is 3.90. The molecule has 1 aromatic carbocycles. The standard InChI is InChI=1S/C20H24FN3O2/c1-19(2,3)18(25)24-9-7-20(8-10-24)12-15(20)17-23-22-16(26-17)13-5-4-6-14(21)11-13/h4-6,11,15H,7-10,12H2,1-3H3. The summed E-state index contributed by atoms with van der Waals surface area (Å²) in [6.07, 6.45) is 2.96. The van der Waals surface area contributed by atoms with Crippen LogP contribution < -0.4 is 0 Å². The lowest BCUT2D eigenvalue weighted by Gasteiger charge is -2.36. The lowest BCUT2D eigenvalue weighted by Crippen LogP contribution is -2.44. The van der Waals surface area contributed by atoms with Crippen molar-refractivity contribution in [2.24, 2.45) is 10.8 Å². The minimum absolute atomic E-state index is 0.181. The topological polar surface area (TPSA) is 59.2 Å². The molecule has 2 heterocycles. The van der Waals surface area contributed by atoms with E-state index in [9.17, 15) is 9.18 Å². The van der Waals surface area contributed by atoms with Gasteiger partial charge in [0.25, 0.3) is 0 Å². The predicted octanol–water partition coefficient (Wildman–Crippen LogP) is 4.02. The first-order valence-corrected chi connectivity index (χ1v) is 9.17. The van der Waals surface area contributed by atoms with Crippen LogP contribution in [0.3, 0.4) is 0 Å². The van der Waals surface area contributed by atoms with E-state index < -0.39 is 0 Å². The summed E-state index contributed by atoms with van der Waals surface area (Å²) in [6, 6.07) is 6.19. The Hall–Kier alpha value is -2.24. The smallest absolute Gasteiger partial charge is 0.247 e. The van der Waals surface area contributed by atoms with Crippen LogP contribution in [-0.4, -0.2) is 34.1 Å². The molecule has 0 bridgehead atoms. The van der Waals surface area contributed by atoms with Gasteiger partial charge in [-0.25, -0.2) is 4.39 Å². The summed E-state index contributed by atoms with van der Waals surface area (Å²) in [4.78, 5) is 14.4. The Morgan fingerprint density at radius 3 is 2.65 bits per heavy atom. The zero-order valence-electron chi connectivity index (χ0n) is 15.5. The third kappa shape index (κ3) is 3.02. The second kappa shape index (κ2) is 5.89. The summed E-state index contributed by atoms with van der Waals surface area (Å²) >= 11 is 0. The van der Waals surface area contributed by atoms with Gasteiger partial charge in [-0.05, 0) is 42.9 Å². The summed E-state index contributed by atoms with van der Waals surface area (Å²) in [6.45, 7) is 7.47. The number of piperidine rings is 1. The minimum atomic E-state index is -0.334. The molecule has 5 nitrogen and oxygen atoms in total. The molecule has 1 saturated carbocycles. The van der Waals surface area contributed by atoms with E-state index >= 15 is 0 Å². The van der Waals surface area contributed by atoms with Crippen molar-refractivity contribution in [3.05, 3.63) is 36.0 Å². The Labute approximate surface area is 152 Å². The van der Waals surface area contributed by atoms with Crippen LogP contribution in [0.15, 0.2) is 28.7 Å². The highest BCUT2D eigenvalue weighted by molar-refractivity contribution is 5.81. The van der Waals surface area contributed by atoms with E-state index in [-0.39, 0.29) is 28.5 Å². The summed E-state index contributed by atoms with van der Waals surface area (Å²) in [7, 11) is 0. The Bertz CT molecular complexity index is 832. The molecule has 1 aliphatic heterocycles. The van der Waals surface area contributed by atoms with Gasteiger partial charge in [0, 0.05) is 30.0 Å². The molecule has 138 valence electrons. The lowest BCUT2D eigenvalue weighted by atomic mass is 9.88. The first-order chi connectivity index (χ1) is 12.3. The Morgan fingerprint density at radius 1 is 1.27 bits per heavy atom. The number of carbonyl (C=O) groups is 1. The van der Waals surface area contributed by atoms with Gasteiger partial charge in [-0.1, -0.05) is 26.8 Å². The lowest BCUT2D eigenvalue weighted by molar-refractivity contribution is -0.141. The van der Waals surface area contributed by atoms with Crippen molar-refractivity contribution in [2.45, 2.75) is 46.0 Å². The normalized spacial score (nSPS) is 21.8. The van der Waals surface area contributed by atoms with E-state index in [1.54, 1.807) is 12.1 Å². The first kappa shape index (κ1) is 17.2. The number of nitrogens with zero attached hydrogens (tertiary/aromatic N) is 3. The predicted molar refractivity (Wildman–Crippen MR) is 94.8 cm³/mol. The molecular weight excluding hydrogens is 333 g/mol. The van der Waals surface area contributed by atoms with Gasteiger partial charge in [-0.3, -0.25) is 4.79 Å². The van der Waals surface area contributed by atoms with Gasteiger partial charge in [-0.15, -0.1) is 10.2 Å². The van der Waals surface area contributed by atoms with Crippen LogP contribution in [0.25, 0.3) is 11.5 Å². The van der Waals surface area contributed by atoms with Gasteiger partial charge >= 0.3 is 0 Å². The number of halogens is 1. The molecule has 1 saturated heterocycles. The monoisotopic (exact) mass is 357 g/mol. The van der Waals surface area contributed by atoms with Crippen molar-refractivity contribution in [2.75, 3.05) is 13.1 Å². The van der Waals surface area contributed by atoms with E-state index in [0.717, 1.165) is 32.4 Å². The van der Waals surface area contributed by atoms with Crippen molar-refractivity contribution in [1.82, 2.24) is 15.1 Å². The number of amides is 1. The summed E-state index contributed by atoms with van der Waals surface area (Å²) < 4.78 is 19.2. The maximum absolute atomic E-state index is 13.4. The second-order valence-electron chi connectivity index (χ2n) is 8.62. The molecule has 1 aliphatic carbocycles. The van der Waals surface area contributed by atoms with Crippen LogP contribution in [-0.2, 0) is 4.79 Å². The maximum Gasteiger partial charge on any atom is 0.247 e. The highest BCUT2D eigenvalue weighted by Gasteiger charge is 2.58. The van der Waals surface area contributed by atoms with E-state index in [1.165, 1.54) is 12.1 Å². The van der Waals surface area contributed by atoms with Gasteiger partial charge in [0.05, 0.1) is 0 Å². The van der Waals surface area contributed by atoms with Crippen molar-refractivity contribution in [3.8, 4) is 11.5 Å². The molecule has 2 aromatic rings. The fourth-order valence-electron chi connectivity index (χ4n) is 3.99. The third-order valence-corrected chi connectivity index (χ3v) is 5.69. The molecule has 0 N–H and O–H groups in total. The number of rotatable bonds is 2. The van der Waals surface area contributed by atoms with Crippen LogP contribution >= 0.6 is 0 Å². The highest BCUT2D eigenvalue weighted by atomic mass is 19.1. The average molecular weight is 357 g/mol. The molecule has 2 fully saturated rings. The van der Waals surface area contributed by atoms with Gasteiger partial charge in [0.1, 0.15) is 5.82 Å². The molecular formula is C20H24FN3O2. The zero-order chi connectivity index (χ0) is 18.5.